The van der Waals surface area contributed by atoms with Crippen LogP contribution in [0.25, 0.3) is 0 Å². The number of amides is 2. The lowest BCUT2D eigenvalue weighted by atomic mass is 10.1. The van der Waals surface area contributed by atoms with Gasteiger partial charge in [-0.25, -0.2) is 4.68 Å². The molecule has 0 aliphatic carbocycles. The highest BCUT2D eigenvalue weighted by Gasteiger charge is 2.21. The molecule has 1 heterocycles. The summed E-state index contributed by atoms with van der Waals surface area (Å²) in [5, 5.41) is 17.9. The fourth-order valence-electron chi connectivity index (χ4n) is 2.67. The molecule has 0 aliphatic rings. The Morgan fingerprint density at radius 2 is 1.73 bits per heavy atom. The van der Waals surface area contributed by atoms with Crippen molar-refractivity contribution < 1.29 is 9.59 Å². The smallest absolute Gasteiger partial charge is 0.253 e. The fourth-order valence-corrected chi connectivity index (χ4v) is 3.53. The number of anilines is 1. The van der Waals surface area contributed by atoms with Gasteiger partial charge in [-0.1, -0.05) is 54.2 Å². The number of benzene rings is 2. The second-order valence-corrected chi connectivity index (χ2v) is 8.54. The molecule has 0 saturated carbocycles. The average molecular weight is 425 g/mol. The zero-order valence-corrected chi connectivity index (χ0v) is 17.9. The minimum atomic E-state index is -0.286. The van der Waals surface area contributed by atoms with Gasteiger partial charge in [-0.05, 0) is 48.9 Å². The van der Waals surface area contributed by atoms with Crippen LogP contribution in [0.4, 0.5) is 5.69 Å². The zero-order chi connectivity index (χ0) is 21.6. The third kappa shape index (κ3) is 5.66. The van der Waals surface area contributed by atoms with Crippen molar-refractivity contribution in [2.45, 2.75) is 38.0 Å². The molecule has 3 aromatic rings. The van der Waals surface area contributed by atoms with E-state index in [2.05, 4.69) is 26.2 Å². The van der Waals surface area contributed by atoms with Crippen molar-refractivity contribution in [3.63, 3.8) is 0 Å². The summed E-state index contributed by atoms with van der Waals surface area (Å²) in [6, 6.07) is 16.6. The molecule has 0 fully saturated rings. The second kappa shape index (κ2) is 9.53. The van der Waals surface area contributed by atoms with Crippen molar-refractivity contribution in [3.05, 3.63) is 65.7 Å². The summed E-state index contributed by atoms with van der Waals surface area (Å²) >= 11 is 1.24. The van der Waals surface area contributed by atoms with Crippen molar-refractivity contribution in [2.24, 2.45) is 0 Å². The number of carbonyl (C=O) groups is 2. The molecule has 3 rings (SSSR count). The molecule has 2 amide bonds. The Morgan fingerprint density at radius 3 is 2.47 bits per heavy atom. The van der Waals surface area contributed by atoms with E-state index >= 15 is 0 Å². The number of thioether (sulfide) groups is 1. The molecule has 1 aromatic heterocycles. The lowest BCUT2D eigenvalue weighted by molar-refractivity contribution is -0.113. The summed E-state index contributed by atoms with van der Waals surface area (Å²) in [6.07, 6.45) is 0. The highest BCUT2D eigenvalue weighted by Crippen LogP contribution is 2.22. The second-order valence-electron chi connectivity index (χ2n) is 7.59. The number of rotatable bonds is 7. The van der Waals surface area contributed by atoms with Gasteiger partial charge in [-0.3, -0.25) is 9.59 Å². The van der Waals surface area contributed by atoms with Crippen LogP contribution in [0.1, 0.15) is 36.7 Å². The van der Waals surface area contributed by atoms with E-state index in [-0.39, 0.29) is 23.1 Å². The molecule has 30 heavy (non-hydrogen) atoms. The summed E-state index contributed by atoms with van der Waals surface area (Å²) in [5.74, 6) is -0.373. The van der Waals surface area contributed by atoms with Crippen LogP contribution < -0.4 is 10.6 Å². The molecule has 0 radical (unpaired) electrons. The molecule has 0 spiro atoms. The molecule has 2 N–H and O–H groups in total. The van der Waals surface area contributed by atoms with Crippen molar-refractivity contribution in [1.82, 2.24) is 25.5 Å². The highest BCUT2D eigenvalue weighted by atomic mass is 32.2. The van der Waals surface area contributed by atoms with Gasteiger partial charge in [0.2, 0.25) is 11.1 Å². The van der Waals surface area contributed by atoms with Crippen LogP contribution in [-0.4, -0.2) is 37.8 Å². The molecule has 2 aromatic carbocycles. The van der Waals surface area contributed by atoms with E-state index in [0.29, 0.717) is 23.0 Å². The maximum absolute atomic E-state index is 12.6. The standard InChI is InChI=1S/C21H24N6O2S/c1-21(2,3)27-20(24-25-26-27)30-14-18(28)23-17-12-8-7-11-16(17)19(29)22-13-15-9-5-4-6-10-15/h4-12H,13-14H2,1-3H3,(H,22,29)(H,23,28). The molecule has 0 bridgehead atoms. The monoisotopic (exact) mass is 424 g/mol. The fraction of sp³-hybridized carbons (Fsp3) is 0.286. The van der Waals surface area contributed by atoms with E-state index < -0.39 is 0 Å². The minimum Gasteiger partial charge on any atom is -0.348 e. The van der Waals surface area contributed by atoms with E-state index in [1.807, 2.05) is 51.1 Å². The predicted molar refractivity (Wildman–Crippen MR) is 116 cm³/mol. The van der Waals surface area contributed by atoms with Gasteiger partial charge in [0, 0.05) is 6.54 Å². The Kier molecular flexibility index (Phi) is 6.83. The van der Waals surface area contributed by atoms with E-state index in [1.54, 1.807) is 28.9 Å². The Balaban J connectivity index is 1.61. The van der Waals surface area contributed by atoms with Gasteiger partial charge >= 0.3 is 0 Å². The molecule has 9 heteroatoms. The molecule has 0 aliphatic heterocycles. The summed E-state index contributed by atoms with van der Waals surface area (Å²) in [5.41, 5.74) is 1.59. The van der Waals surface area contributed by atoms with Crippen LogP contribution in [-0.2, 0) is 16.9 Å². The van der Waals surface area contributed by atoms with Crippen molar-refractivity contribution in [3.8, 4) is 0 Å². The summed E-state index contributed by atoms with van der Waals surface area (Å²) < 4.78 is 1.68. The van der Waals surface area contributed by atoms with Gasteiger partial charge in [0.25, 0.3) is 5.91 Å². The van der Waals surface area contributed by atoms with Crippen LogP contribution in [0.15, 0.2) is 59.8 Å². The van der Waals surface area contributed by atoms with Crippen LogP contribution in [0.5, 0.6) is 0 Å². The predicted octanol–water partition coefficient (Wildman–Crippen LogP) is 3.09. The largest absolute Gasteiger partial charge is 0.348 e. The average Bonchev–Trinajstić information content (AvgIpc) is 3.21. The summed E-state index contributed by atoms with van der Waals surface area (Å²) in [4.78, 5) is 25.1. The van der Waals surface area contributed by atoms with Crippen molar-refractivity contribution in [1.29, 1.82) is 0 Å². The topological polar surface area (TPSA) is 102 Å². The number of tetrazole rings is 1. The molecule has 0 saturated heterocycles. The zero-order valence-electron chi connectivity index (χ0n) is 17.1. The molecular weight excluding hydrogens is 400 g/mol. The maximum atomic E-state index is 12.6. The number of aromatic nitrogens is 4. The molecule has 0 unspecified atom stereocenters. The number of nitrogens with zero attached hydrogens (tertiary/aromatic N) is 4. The van der Waals surface area contributed by atoms with Gasteiger partial charge in [0.15, 0.2) is 0 Å². The number of nitrogens with one attached hydrogen (secondary N) is 2. The van der Waals surface area contributed by atoms with E-state index in [0.717, 1.165) is 5.56 Å². The third-order valence-electron chi connectivity index (χ3n) is 4.15. The molecule has 8 nitrogen and oxygen atoms in total. The van der Waals surface area contributed by atoms with Crippen molar-refractivity contribution >= 4 is 29.3 Å². The van der Waals surface area contributed by atoms with Gasteiger partial charge in [0.1, 0.15) is 0 Å². The number of para-hydroxylation sites is 1. The number of carbonyl (C=O) groups excluding carboxylic acids is 2. The van der Waals surface area contributed by atoms with Crippen LogP contribution in [0.2, 0.25) is 0 Å². The van der Waals surface area contributed by atoms with Gasteiger partial charge < -0.3 is 10.6 Å². The first-order chi connectivity index (χ1) is 14.3. The molecule has 0 atom stereocenters. The highest BCUT2D eigenvalue weighted by molar-refractivity contribution is 7.99. The van der Waals surface area contributed by atoms with E-state index in [4.69, 9.17) is 0 Å². The lowest BCUT2D eigenvalue weighted by Crippen LogP contribution is -2.26. The van der Waals surface area contributed by atoms with Gasteiger partial charge in [-0.2, -0.15) is 0 Å². The number of hydrogen-bond donors (Lipinski definition) is 2. The van der Waals surface area contributed by atoms with E-state index in [1.165, 1.54) is 11.8 Å². The SMILES string of the molecule is CC(C)(C)n1nnnc1SCC(=O)Nc1ccccc1C(=O)NCc1ccccc1. The van der Waals surface area contributed by atoms with Crippen LogP contribution in [0.3, 0.4) is 0 Å². The Hall–Kier alpha value is -3.20. The van der Waals surface area contributed by atoms with Gasteiger partial charge in [-0.15, -0.1) is 5.10 Å². The first-order valence-electron chi connectivity index (χ1n) is 9.47. The Labute approximate surface area is 179 Å². The third-order valence-corrected chi connectivity index (χ3v) is 5.07. The summed E-state index contributed by atoms with van der Waals surface area (Å²) in [7, 11) is 0. The maximum Gasteiger partial charge on any atom is 0.253 e. The van der Waals surface area contributed by atoms with Crippen LogP contribution in [0, 0.1) is 0 Å². The minimum absolute atomic E-state index is 0.121. The molecular formula is C21H24N6O2S. The van der Waals surface area contributed by atoms with Gasteiger partial charge in [0.05, 0.1) is 22.5 Å². The quantitative estimate of drug-likeness (QED) is 0.565. The molecule has 156 valence electrons. The van der Waals surface area contributed by atoms with E-state index in [9.17, 15) is 9.59 Å². The van der Waals surface area contributed by atoms with Crippen molar-refractivity contribution in [2.75, 3.05) is 11.1 Å². The van der Waals surface area contributed by atoms with Crippen LogP contribution >= 0.6 is 11.8 Å². The summed E-state index contributed by atoms with van der Waals surface area (Å²) in [6.45, 7) is 6.36. The first kappa shape index (κ1) is 21.5. The Morgan fingerprint density at radius 1 is 1.03 bits per heavy atom. The normalized spacial score (nSPS) is 11.2. The first-order valence-corrected chi connectivity index (χ1v) is 10.5. The lowest BCUT2D eigenvalue weighted by Gasteiger charge is -2.19. The Bertz CT molecular complexity index is 1010. The number of hydrogen-bond acceptors (Lipinski definition) is 6.